The fraction of sp³-hybridized carbons (Fsp3) is 1.00. The van der Waals surface area contributed by atoms with E-state index in [2.05, 4.69) is 6.92 Å². The number of aliphatic hydroxyl groups is 1. The Balaban J connectivity index is 0. The smallest absolute Gasteiger partial charge is 0.748 e. The van der Waals surface area contributed by atoms with Crippen LogP contribution >= 0.6 is 0 Å². The van der Waals surface area contributed by atoms with Gasteiger partial charge < -0.3 is 9.66 Å². The summed E-state index contributed by atoms with van der Waals surface area (Å²) in [6, 6.07) is 0. The SMILES string of the molecule is CCCCCCCC(O)CCCCCCCCCS(=O)(=O)[O-].[Na+]. The normalized spacial score (nSPS) is 12.8. The Morgan fingerprint density at radius 1 is 0.783 bits per heavy atom. The molecule has 0 aliphatic carbocycles. The molecule has 0 aliphatic rings. The van der Waals surface area contributed by atoms with Crippen molar-refractivity contribution in [1.29, 1.82) is 0 Å². The first-order chi connectivity index (χ1) is 10.5. The van der Waals surface area contributed by atoms with E-state index in [1.165, 1.54) is 25.7 Å². The molecule has 0 saturated heterocycles. The summed E-state index contributed by atoms with van der Waals surface area (Å²) in [6.07, 6.45) is 14.7. The summed E-state index contributed by atoms with van der Waals surface area (Å²) in [5.74, 6) is -0.225. The molecule has 0 aromatic heterocycles. The first kappa shape index (κ1) is 26.1. The quantitative estimate of drug-likeness (QED) is 0.257. The molecule has 1 unspecified atom stereocenters. The van der Waals surface area contributed by atoms with Crippen molar-refractivity contribution in [2.75, 3.05) is 5.75 Å². The molecule has 23 heavy (non-hydrogen) atoms. The van der Waals surface area contributed by atoms with Crippen LogP contribution in [-0.4, -0.2) is 29.9 Å². The van der Waals surface area contributed by atoms with Crippen LogP contribution in [0.4, 0.5) is 0 Å². The fourth-order valence-electron chi connectivity index (χ4n) is 2.67. The summed E-state index contributed by atoms with van der Waals surface area (Å²) in [7, 11) is -4.03. The van der Waals surface area contributed by atoms with Gasteiger partial charge in [0.1, 0.15) is 0 Å². The van der Waals surface area contributed by atoms with Crippen LogP contribution in [0.5, 0.6) is 0 Å². The van der Waals surface area contributed by atoms with Crippen LogP contribution in [0, 0.1) is 0 Å². The molecule has 0 fully saturated rings. The predicted molar refractivity (Wildman–Crippen MR) is 90.9 cm³/mol. The first-order valence-corrected chi connectivity index (χ1v) is 10.6. The minimum absolute atomic E-state index is 0. The van der Waals surface area contributed by atoms with E-state index in [1.807, 2.05) is 0 Å². The molecular weight excluding hydrogens is 323 g/mol. The van der Waals surface area contributed by atoms with Crippen molar-refractivity contribution in [1.82, 2.24) is 0 Å². The summed E-state index contributed by atoms with van der Waals surface area (Å²) in [6.45, 7) is 2.21. The standard InChI is InChI=1S/C17H36O4S.Na/c1-2-3-4-8-11-14-17(18)15-12-9-6-5-7-10-13-16-22(19,20)21;/h17-18H,2-16H2,1H3,(H,19,20,21);/q;+1/p-1. The van der Waals surface area contributed by atoms with Gasteiger partial charge in [0.2, 0.25) is 0 Å². The minimum atomic E-state index is -4.03. The van der Waals surface area contributed by atoms with Crippen molar-refractivity contribution in [2.24, 2.45) is 0 Å². The summed E-state index contributed by atoms with van der Waals surface area (Å²) in [5, 5.41) is 9.87. The molecule has 1 atom stereocenters. The average molecular weight is 359 g/mol. The van der Waals surface area contributed by atoms with E-state index < -0.39 is 10.1 Å². The van der Waals surface area contributed by atoms with Gasteiger partial charge in [-0.2, -0.15) is 0 Å². The number of hydrogen-bond acceptors (Lipinski definition) is 4. The van der Waals surface area contributed by atoms with Crippen LogP contribution in [0.15, 0.2) is 0 Å². The topological polar surface area (TPSA) is 77.4 Å². The maximum Gasteiger partial charge on any atom is 1.00 e. The molecule has 4 nitrogen and oxygen atoms in total. The van der Waals surface area contributed by atoms with Crippen LogP contribution in [0.25, 0.3) is 0 Å². The summed E-state index contributed by atoms with van der Waals surface area (Å²) in [4.78, 5) is 0. The molecule has 134 valence electrons. The van der Waals surface area contributed by atoms with Crippen molar-refractivity contribution in [3.05, 3.63) is 0 Å². The van der Waals surface area contributed by atoms with Crippen molar-refractivity contribution in [3.8, 4) is 0 Å². The summed E-state index contributed by atoms with van der Waals surface area (Å²) < 4.78 is 31.3. The van der Waals surface area contributed by atoms with Crippen LogP contribution in [0.2, 0.25) is 0 Å². The summed E-state index contributed by atoms with van der Waals surface area (Å²) >= 11 is 0. The Kier molecular flexibility index (Phi) is 20.1. The molecule has 0 spiro atoms. The van der Waals surface area contributed by atoms with E-state index >= 15 is 0 Å². The van der Waals surface area contributed by atoms with E-state index in [0.717, 1.165) is 57.8 Å². The molecule has 0 aromatic carbocycles. The third-order valence-corrected chi connectivity index (χ3v) is 4.86. The van der Waals surface area contributed by atoms with Crippen molar-refractivity contribution in [3.63, 3.8) is 0 Å². The van der Waals surface area contributed by atoms with Gasteiger partial charge in [0.15, 0.2) is 0 Å². The van der Waals surface area contributed by atoms with Gasteiger partial charge in [-0.05, 0) is 19.3 Å². The molecule has 6 heteroatoms. The third kappa shape index (κ3) is 22.9. The zero-order valence-corrected chi connectivity index (χ0v) is 18.1. The maximum atomic E-state index is 10.4. The second kappa shape index (κ2) is 17.7. The molecule has 0 heterocycles. The van der Waals surface area contributed by atoms with Gasteiger partial charge >= 0.3 is 29.6 Å². The Morgan fingerprint density at radius 3 is 1.61 bits per heavy atom. The molecule has 0 radical (unpaired) electrons. The second-order valence-corrected chi connectivity index (χ2v) is 7.91. The zero-order chi connectivity index (χ0) is 16.7. The van der Waals surface area contributed by atoms with Gasteiger partial charge in [-0.3, -0.25) is 0 Å². The summed E-state index contributed by atoms with van der Waals surface area (Å²) in [5.41, 5.74) is 0. The Bertz CT molecular complexity index is 333. The van der Waals surface area contributed by atoms with E-state index in [-0.39, 0.29) is 41.4 Å². The van der Waals surface area contributed by atoms with Crippen LogP contribution < -0.4 is 29.6 Å². The molecular formula is C17H35NaO4S. The van der Waals surface area contributed by atoms with Crippen molar-refractivity contribution >= 4 is 10.1 Å². The van der Waals surface area contributed by atoms with E-state index in [4.69, 9.17) is 0 Å². The van der Waals surface area contributed by atoms with Gasteiger partial charge in [0, 0.05) is 5.75 Å². The van der Waals surface area contributed by atoms with Crippen LogP contribution in [-0.2, 0) is 10.1 Å². The van der Waals surface area contributed by atoms with Crippen molar-refractivity contribution < 1.29 is 47.6 Å². The molecule has 1 N–H and O–H groups in total. The molecule has 0 saturated carbocycles. The predicted octanol–water partition coefficient (Wildman–Crippen LogP) is 1.38. The van der Waals surface area contributed by atoms with Gasteiger partial charge in [0.25, 0.3) is 0 Å². The molecule has 0 bridgehead atoms. The van der Waals surface area contributed by atoms with Gasteiger partial charge in [-0.15, -0.1) is 0 Å². The van der Waals surface area contributed by atoms with E-state index in [0.29, 0.717) is 6.42 Å². The number of aliphatic hydroxyl groups excluding tert-OH is 1. The number of rotatable bonds is 16. The molecule has 0 aromatic rings. The monoisotopic (exact) mass is 358 g/mol. The van der Waals surface area contributed by atoms with E-state index in [1.54, 1.807) is 0 Å². The van der Waals surface area contributed by atoms with Gasteiger partial charge in [-0.25, -0.2) is 8.42 Å². The molecule has 0 amide bonds. The Labute approximate surface area is 165 Å². The number of unbranched alkanes of at least 4 members (excludes halogenated alkanes) is 10. The van der Waals surface area contributed by atoms with Crippen LogP contribution in [0.1, 0.15) is 96.8 Å². The first-order valence-electron chi connectivity index (χ1n) is 9.07. The zero-order valence-electron chi connectivity index (χ0n) is 15.3. The largest absolute Gasteiger partial charge is 1.00 e. The maximum absolute atomic E-state index is 10.4. The van der Waals surface area contributed by atoms with Gasteiger partial charge in [0.05, 0.1) is 16.2 Å². The second-order valence-electron chi connectivity index (χ2n) is 6.38. The average Bonchev–Trinajstić information content (AvgIpc) is 2.44. The van der Waals surface area contributed by atoms with Gasteiger partial charge in [-0.1, -0.05) is 77.6 Å². The third-order valence-electron chi connectivity index (χ3n) is 4.07. The Hall–Kier alpha value is 0.870. The van der Waals surface area contributed by atoms with Crippen LogP contribution in [0.3, 0.4) is 0 Å². The molecule has 0 rings (SSSR count). The van der Waals surface area contributed by atoms with E-state index in [9.17, 15) is 18.1 Å². The Morgan fingerprint density at radius 2 is 1.17 bits per heavy atom. The minimum Gasteiger partial charge on any atom is -0.748 e. The van der Waals surface area contributed by atoms with Crippen molar-refractivity contribution in [2.45, 2.75) is 103 Å². The molecule has 0 aliphatic heterocycles. The fourth-order valence-corrected chi connectivity index (χ4v) is 3.23. The number of hydrogen-bond donors (Lipinski definition) is 1.